The van der Waals surface area contributed by atoms with Crippen molar-refractivity contribution in [3.63, 3.8) is 0 Å². The lowest BCUT2D eigenvalue weighted by atomic mass is 10.1. The number of aliphatic hydroxyl groups is 1. The zero-order valence-electron chi connectivity index (χ0n) is 11.3. The second-order valence-electron chi connectivity index (χ2n) is 4.90. The minimum atomic E-state index is -0.601. The third-order valence-electron chi connectivity index (χ3n) is 3.33. The summed E-state index contributed by atoms with van der Waals surface area (Å²) < 4.78 is 0. The van der Waals surface area contributed by atoms with E-state index in [1.54, 1.807) is 19.1 Å². The van der Waals surface area contributed by atoms with Gasteiger partial charge in [0.15, 0.2) is 0 Å². The van der Waals surface area contributed by atoms with Gasteiger partial charge in [0.05, 0.1) is 11.0 Å². The summed E-state index contributed by atoms with van der Waals surface area (Å²) in [5.74, 6) is -0.460. The highest BCUT2D eigenvalue weighted by Crippen LogP contribution is 2.09. The molecule has 3 unspecified atom stereocenters. The zero-order valence-corrected chi connectivity index (χ0v) is 12.1. The number of hydrogen-bond acceptors (Lipinski definition) is 5. The van der Waals surface area contributed by atoms with Crippen molar-refractivity contribution in [2.45, 2.75) is 19.1 Å². The highest BCUT2D eigenvalue weighted by molar-refractivity contribution is 7.12. The summed E-state index contributed by atoms with van der Waals surface area (Å²) in [6.45, 7) is 3.30. The molecule has 7 heteroatoms. The third-order valence-corrected chi connectivity index (χ3v) is 4.20. The molecule has 4 N–H and O–H groups in total. The van der Waals surface area contributed by atoms with Crippen molar-refractivity contribution in [2.24, 2.45) is 5.92 Å². The van der Waals surface area contributed by atoms with Gasteiger partial charge in [-0.1, -0.05) is 6.07 Å². The topological polar surface area (TPSA) is 90.5 Å². The minimum Gasteiger partial charge on any atom is -0.391 e. The number of β-amino-alcohol motifs (C(OH)–C–C–N with tert-alkyl or cyclic N) is 1. The van der Waals surface area contributed by atoms with Gasteiger partial charge in [0, 0.05) is 25.6 Å². The summed E-state index contributed by atoms with van der Waals surface area (Å²) in [7, 11) is 0. The lowest BCUT2D eigenvalue weighted by molar-refractivity contribution is -0.122. The maximum Gasteiger partial charge on any atom is 0.261 e. The van der Waals surface area contributed by atoms with Gasteiger partial charge in [-0.2, -0.15) is 0 Å². The maximum absolute atomic E-state index is 11.9. The Labute approximate surface area is 121 Å². The molecule has 0 radical (unpaired) electrons. The first-order valence-electron chi connectivity index (χ1n) is 6.59. The molecular weight excluding hydrogens is 278 g/mol. The average Bonchev–Trinajstić information content (AvgIpc) is 3.07. The molecule has 2 amide bonds. The maximum atomic E-state index is 11.9. The zero-order chi connectivity index (χ0) is 14.5. The normalized spacial score (nSPS) is 23.3. The summed E-state index contributed by atoms with van der Waals surface area (Å²) in [6.07, 6.45) is -0.425. The summed E-state index contributed by atoms with van der Waals surface area (Å²) >= 11 is 1.33. The van der Waals surface area contributed by atoms with E-state index < -0.39 is 12.1 Å². The number of carbonyl (C=O) groups is 2. The average molecular weight is 297 g/mol. The molecule has 1 aromatic heterocycles. The second-order valence-corrected chi connectivity index (χ2v) is 5.85. The van der Waals surface area contributed by atoms with E-state index in [9.17, 15) is 14.7 Å². The van der Waals surface area contributed by atoms with Gasteiger partial charge < -0.3 is 21.1 Å². The smallest absolute Gasteiger partial charge is 0.261 e. The number of nitrogens with one attached hydrogen (secondary N) is 3. The van der Waals surface area contributed by atoms with Crippen LogP contribution >= 0.6 is 11.3 Å². The Morgan fingerprint density at radius 1 is 1.55 bits per heavy atom. The Balaban J connectivity index is 1.76. The number of amides is 2. The van der Waals surface area contributed by atoms with Crippen molar-refractivity contribution in [1.29, 1.82) is 0 Å². The van der Waals surface area contributed by atoms with Gasteiger partial charge in [0.2, 0.25) is 5.91 Å². The number of carbonyl (C=O) groups excluding carboxylic acids is 2. The molecule has 1 fully saturated rings. The molecule has 0 aromatic carbocycles. The first-order chi connectivity index (χ1) is 9.58. The van der Waals surface area contributed by atoms with E-state index in [2.05, 4.69) is 16.0 Å². The summed E-state index contributed by atoms with van der Waals surface area (Å²) in [5.41, 5.74) is 0. The van der Waals surface area contributed by atoms with E-state index in [1.807, 2.05) is 5.38 Å². The lowest BCUT2D eigenvalue weighted by Gasteiger charge is -2.17. The van der Waals surface area contributed by atoms with Gasteiger partial charge in [-0.15, -0.1) is 11.3 Å². The van der Waals surface area contributed by atoms with E-state index in [1.165, 1.54) is 11.3 Å². The highest BCUT2D eigenvalue weighted by Gasteiger charge is 2.26. The molecule has 0 spiro atoms. The van der Waals surface area contributed by atoms with Crippen LogP contribution in [0.3, 0.4) is 0 Å². The number of aliphatic hydroxyl groups excluding tert-OH is 1. The number of thiophene rings is 1. The van der Waals surface area contributed by atoms with Gasteiger partial charge in [-0.25, -0.2) is 0 Å². The van der Waals surface area contributed by atoms with E-state index in [0.29, 0.717) is 24.5 Å². The minimum absolute atomic E-state index is 0.0270. The molecule has 20 heavy (non-hydrogen) atoms. The van der Waals surface area contributed by atoms with Gasteiger partial charge in [-0.3, -0.25) is 9.59 Å². The number of rotatable bonds is 5. The van der Waals surface area contributed by atoms with Crippen molar-refractivity contribution in [3.05, 3.63) is 22.4 Å². The fourth-order valence-electron chi connectivity index (χ4n) is 2.05. The van der Waals surface area contributed by atoms with Crippen molar-refractivity contribution in [1.82, 2.24) is 16.0 Å². The molecular formula is C13H19N3O3S. The van der Waals surface area contributed by atoms with Crippen LogP contribution in [0.2, 0.25) is 0 Å². The molecule has 2 heterocycles. The van der Waals surface area contributed by atoms with Crippen LogP contribution in [-0.2, 0) is 4.79 Å². The fourth-order valence-corrected chi connectivity index (χ4v) is 2.68. The highest BCUT2D eigenvalue weighted by atomic mass is 32.1. The van der Waals surface area contributed by atoms with Crippen LogP contribution in [0.1, 0.15) is 16.6 Å². The SMILES string of the molecule is CC(NC(=O)c1cccs1)C(=O)NCC1CNCC1O. The standard InChI is InChI=1S/C13H19N3O3S/c1-8(16-13(19)11-3-2-4-20-11)12(18)15-6-9-5-14-7-10(9)17/h2-4,8-10,14,17H,5-7H2,1H3,(H,15,18)(H,16,19). The molecule has 3 atom stereocenters. The fraction of sp³-hybridized carbons (Fsp3) is 0.538. The van der Waals surface area contributed by atoms with Gasteiger partial charge in [0.1, 0.15) is 6.04 Å². The first kappa shape index (κ1) is 15.0. The molecule has 6 nitrogen and oxygen atoms in total. The van der Waals surface area contributed by atoms with Crippen LogP contribution in [0.25, 0.3) is 0 Å². The van der Waals surface area contributed by atoms with Crippen LogP contribution in [0.15, 0.2) is 17.5 Å². The van der Waals surface area contributed by atoms with Crippen LogP contribution in [0.5, 0.6) is 0 Å². The van der Waals surface area contributed by atoms with Crippen LogP contribution in [0, 0.1) is 5.92 Å². The molecule has 1 saturated heterocycles. The molecule has 1 aliphatic heterocycles. The Hall–Kier alpha value is -1.44. The molecule has 0 aliphatic carbocycles. The lowest BCUT2D eigenvalue weighted by Crippen LogP contribution is -2.46. The second kappa shape index (κ2) is 6.83. The van der Waals surface area contributed by atoms with Crippen LogP contribution in [-0.4, -0.2) is 48.7 Å². The molecule has 0 saturated carbocycles. The van der Waals surface area contributed by atoms with Crippen molar-refractivity contribution in [3.8, 4) is 0 Å². The number of hydrogen-bond donors (Lipinski definition) is 4. The van der Waals surface area contributed by atoms with Gasteiger partial charge >= 0.3 is 0 Å². The predicted octanol–water partition coefficient (Wildman–Crippen LogP) is -0.437. The van der Waals surface area contributed by atoms with Gasteiger partial charge in [0.25, 0.3) is 5.91 Å². The monoisotopic (exact) mass is 297 g/mol. The summed E-state index contributed by atoms with van der Waals surface area (Å²) in [6, 6.07) is 2.90. The largest absolute Gasteiger partial charge is 0.391 e. The Morgan fingerprint density at radius 2 is 2.35 bits per heavy atom. The van der Waals surface area contributed by atoms with Gasteiger partial charge in [-0.05, 0) is 18.4 Å². The van der Waals surface area contributed by atoms with E-state index in [-0.39, 0.29) is 17.7 Å². The molecule has 1 aromatic rings. The van der Waals surface area contributed by atoms with Crippen molar-refractivity contribution in [2.75, 3.05) is 19.6 Å². The molecule has 110 valence electrons. The quantitative estimate of drug-likeness (QED) is 0.593. The van der Waals surface area contributed by atoms with E-state index in [0.717, 1.165) is 0 Å². The summed E-state index contributed by atoms with van der Waals surface area (Å²) in [5, 5.41) is 19.9. The Bertz CT molecular complexity index is 463. The van der Waals surface area contributed by atoms with E-state index in [4.69, 9.17) is 0 Å². The van der Waals surface area contributed by atoms with Crippen LogP contribution in [0.4, 0.5) is 0 Å². The summed E-state index contributed by atoms with van der Waals surface area (Å²) in [4.78, 5) is 24.3. The molecule has 2 rings (SSSR count). The molecule has 0 bridgehead atoms. The predicted molar refractivity (Wildman–Crippen MR) is 76.6 cm³/mol. The van der Waals surface area contributed by atoms with E-state index >= 15 is 0 Å². The van der Waals surface area contributed by atoms with Crippen molar-refractivity contribution < 1.29 is 14.7 Å². The third kappa shape index (κ3) is 3.78. The molecule has 1 aliphatic rings. The Kier molecular flexibility index (Phi) is 5.11. The van der Waals surface area contributed by atoms with Crippen molar-refractivity contribution >= 4 is 23.2 Å². The Morgan fingerprint density at radius 3 is 2.95 bits per heavy atom. The first-order valence-corrected chi connectivity index (χ1v) is 7.46. The van der Waals surface area contributed by atoms with Crippen LogP contribution < -0.4 is 16.0 Å².